The molecule has 0 radical (unpaired) electrons. The Balaban J connectivity index is 2.09. The molecule has 1 saturated heterocycles. The number of carboxylic acid groups (broad SMARTS) is 1. The predicted octanol–water partition coefficient (Wildman–Crippen LogP) is -0.492. The van der Waals surface area contributed by atoms with Crippen LogP contribution in [0.15, 0.2) is 0 Å². The summed E-state index contributed by atoms with van der Waals surface area (Å²) in [5, 5.41) is 11.5. The number of hydroxylamine groups is 1. The van der Waals surface area contributed by atoms with Crippen molar-refractivity contribution in [2.45, 2.75) is 19.3 Å². The molecule has 1 atom stereocenters. The quantitative estimate of drug-likeness (QED) is 0.540. The van der Waals surface area contributed by atoms with Gasteiger partial charge in [-0.2, -0.15) is 0 Å². The Morgan fingerprint density at radius 1 is 1.53 bits per heavy atom. The fraction of sp³-hybridized carbons (Fsp3) is 0.778. The third-order valence-corrected chi connectivity index (χ3v) is 2.25. The van der Waals surface area contributed by atoms with Crippen molar-refractivity contribution in [1.29, 1.82) is 0 Å². The van der Waals surface area contributed by atoms with E-state index >= 15 is 0 Å². The van der Waals surface area contributed by atoms with Gasteiger partial charge in [-0.15, -0.1) is 0 Å². The average Bonchev–Trinajstić information content (AvgIpc) is 2.18. The molecular formula is C9H16N2O4. The summed E-state index contributed by atoms with van der Waals surface area (Å²) in [5.74, 6) is -1.04. The van der Waals surface area contributed by atoms with Crippen molar-refractivity contribution < 1.29 is 19.5 Å². The van der Waals surface area contributed by atoms with Crippen LogP contribution in [0.2, 0.25) is 0 Å². The van der Waals surface area contributed by atoms with E-state index in [1.165, 1.54) is 0 Å². The van der Waals surface area contributed by atoms with Crippen LogP contribution in [0.3, 0.4) is 0 Å². The highest BCUT2D eigenvalue weighted by atomic mass is 16.7. The zero-order valence-electron chi connectivity index (χ0n) is 8.49. The average molecular weight is 216 g/mol. The standard InChI is InChI=1S/C9H16N2O4/c12-8(11-15-6-9(13)14)4-7-2-1-3-10-5-7/h7,10H,1-6H2,(H,11,12)(H,13,14). The number of nitrogens with one attached hydrogen (secondary N) is 2. The zero-order chi connectivity index (χ0) is 11.1. The number of piperidine rings is 1. The van der Waals surface area contributed by atoms with Crippen molar-refractivity contribution in [3.05, 3.63) is 0 Å². The largest absolute Gasteiger partial charge is 0.479 e. The molecule has 0 spiro atoms. The number of rotatable bonds is 5. The molecule has 15 heavy (non-hydrogen) atoms. The van der Waals surface area contributed by atoms with Crippen LogP contribution in [0.5, 0.6) is 0 Å². The first-order chi connectivity index (χ1) is 7.18. The molecule has 0 aliphatic carbocycles. The molecule has 1 amide bonds. The number of hydrogen-bond acceptors (Lipinski definition) is 4. The minimum absolute atomic E-state index is 0.259. The number of aliphatic carboxylic acids is 1. The van der Waals surface area contributed by atoms with Crippen molar-refractivity contribution >= 4 is 11.9 Å². The third-order valence-electron chi connectivity index (χ3n) is 2.25. The van der Waals surface area contributed by atoms with Crippen molar-refractivity contribution in [2.75, 3.05) is 19.7 Å². The van der Waals surface area contributed by atoms with Crippen molar-refractivity contribution in [3.8, 4) is 0 Å². The van der Waals surface area contributed by atoms with Gasteiger partial charge in [0.1, 0.15) is 0 Å². The highest BCUT2D eigenvalue weighted by molar-refractivity contribution is 5.75. The lowest BCUT2D eigenvalue weighted by Crippen LogP contribution is -2.34. The molecule has 1 rings (SSSR count). The lowest BCUT2D eigenvalue weighted by atomic mass is 9.96. The van der Waals surface area contributed by atoms with Crippen LogP contribution in [0.25, 0.3) is 0 Å². The van der Waals surface area contributed by atoms with E-state index in [1.807, 2.05) is 0 Å². The van der Waals surface area contributed by atoms with Gasteiger partial charge in [0, 0.05) is 6.42 Å². The van der Waals surface area contributed by atoms with E-state index in [0.29, 0.717) is 12.3 Å². The van der Waals surface area contributed by atoms with Crippen molar-refractivity contribution in [1.82, 2.24) is 10.8 Å². The summed E-state index contributed by atoms with van der Waals surface area (Å²) in [5.41, 5.74) is 2.11. The van der Waals surface area contributed by atoms with Crippen LogP contribution in [0.1, 0.15) is 19.3 Å². The van der Waals surface area contributed by atoms with Gasteiger partial charge in [-0.3, -0.25) is 9.63 Å². The molecule has 0 aromatic heterocycles. The van der Waals surface area contributed by atoms with Gasteiger partial charge >= 0.3 is 5.97 Å². The monoisotopic (exact) mass is 216 g/mol. The molecule has 0 aromatic carbocycles. The molecule has 0 aromatic rings. The number of carbonyl (C=O) groups is 2. The molecule has 1 fully saturated rings. The molecule has 6 heteroatoms. The van der Waals surface area contributed by atoms with Gasteiger partial charge in [0.15, 0.2) is 6.61 Å². The van der Waals surface area contributed by atoms with Crippen LogP contribution in [0, 0.1) is 5.92 Å². The first-order valence-electron chi connectivity index (χ1n) is 5.01. The zero-order valence-corrected chi connectivity index (χ0v) is 8.49. The molecule has 3 N–H and O–H groups in total. The Morgan fingerprint density at radius 2 is 2.33 bits per heavy atom. The van der Waals surface area contributed by atoms with Crippen LogP contribution in [0.4, 0.5) is 0 Å². The highest BCUT2D eigenvalue weighted by Gasteiger charge is 2.16. The van der Waals surface area contributed by atoms with Crippen molar-refractivity contribution in [3.63, 3.8) is 0 Å². The Bertz CT molecular complexity index is 226. The third kappa shape index (κ3) is 5.34. The second-order valence-corrected chi connectivity index (χ2v) is 3.62. The lowest BCUT2D eigenvalue weighted by molar-refractivity contribution is -0.149. The normalized spacial score (nSPS) is 20.9. The molecule has 1 aliphatic rings. The summed E-state index contributed by atoms with van der Waals surface area (Å²) in [7, 11) is 0. The van der Waals surface area contributed by atoms with E-state index in [9.17, 15) is 9.59 Å². The van der Waals surface area contributed by atoms with E-state index in [0.717, 1.165) is 25.9 Å². The van der Waals surface area contributed by atoms with Gasteiger partial charge < -0.3 is 10.4 Å². The number of hydrogen-bond donors (Lipinski definition) is 3. The summed E-state index contributed by atoms with van der Waals surface area (Å²) in [6, 6.07) is 0. The van der Waals surface area contributed by atoms with E-state index in [2.05, 4.69) is 15.6 Å². The molecule has 0 saturated carbocycles. The van der Waals surface area contributed by atoms with E-state index in [1.54, 1.807) is 0 Å². The van der Waals surface area contributed by atoms with Crippen molar-refractivity contribution in [2.24, 2.45) is 5.92 Å². The number of amides is 1. The second kappa shape index (κ2) is 6.36. The molecule has 1 aliphatic heterocycles. The topological polar surface area (TPSA) is 87.7 Å². The minimum atomic E-state index is -1.10. The van der Waals surface area contributed by atoms with Crippen LogP contribution in [-0.2, 0) is 14.4 Å². The summed E-state index contributed by atoms with van der Waals surface area (Å²) < 4.78 is 0. The summed E-state index contributed by atoms with van der Waals surface area (Å²) in [6.07, 6.45) is 2.49. The Labute approximate surface area is 87.9 Å². The number of carbonyl (C=O) groups excluding carboxylic acids is 1. The van der Waals surface area contributed by atoms with Gasteiger partial charge in [0.25, 0.3) is 0 Å². The fourth-order valence-corrected chi connectivity index (χ4v) is 1.58. The van der Waals surface area contributed by atoms with Gasteiger partial charge in [-0.05, 0) is 31.8 Å². The van der Waals surface area contributed by atoms with E-state index < -0.39 is 12.6 Å². The van der Waals surface area contributed by atoms with E-state index in [4.69, 9.17) is 5.11 Å². The molecule has 86 valence electrons. The van der Waals surface area contributed by atoms with Crippen LogP contribution in [-0.4, -0.2) is 36.7 Å². The molecule has 6 nitrogen and oxygen atoms in total. The molecule has 1 unspecified atom stereocenters. The Morgan fingerprint density at radius 3 is 2.93 bits per heavy atom. The van der Waals surface area contributed by atoms with Gasteiger partial charge in [0.05, 0.1) is 0 Å². The van der Waals surface area contributed by atoms with Crippen LogP contribution < -0.4 is 10.8 Å². The van der Waals surface area contributed by atoms with Crippen LogP contribution >= 0.6 is 0 Å². The highest BCUT2D eigenvalue weighted by Crippen LogP contribution is 2.13. The Hall–Kier alpha value is -1.14. The summed E-state index contributed by atoms with van der Waals surface area (Å²) >= 11 is 0. The summed E-state index contributed by atoms with van der Waals surface area (Å²) in [6.45, 7) is 1.34. The first-order valence-corrected chi connectivity index (χ1v) is 5.01. The second-order valence-electron chi connectivity index (χ2n) is 3.62. The summed E-state index contributed by atoms with van der Waals surface area (Å²) in [4.78, 5) is 25.8. The SMILES string of the molecule is O=C(O)CONC(=O)CC1CCCNC1. The maximum absolute atomic E-state index is 11.2. The number of carboxylic acids is 1. The minimum Gasteiger partial charge on any atom is -0.479 e. The Kier molecular flexibility index (Phi) is 5.06. The maximum Gasteiger partial charge on any atom is 0.332 e. The maximum atomic E-state index is 11.2. The molecule has 1 heterocycles. The van der Waals surface area contributed by atoms with Gasteiger partial charge in [0.2, 0.25) is 5.91 Å². The molecular weight excluding hydrogens is 200 g/mol. The lowest BCUT2D eigenvalue weighted by Gasteiger charge is -2.21. The smallest absolute Gasteiger partial charge is 0.332 e. The molecule has 0 bridgehead atoms. The predicted molar refractivity (Wildman–Crippen MR) is 51.9 cm³/mol. The van der Waals surface area contributed by atoms with Gasteiger partial charge in [-0.1, -0.05) is 0 Å². The van der Waals surface area contributed by atoms with Gasteiger partial charge in [-0.25, -0.2) is 10.3 Å². The van der Waals surface area contributed by atoms with E-state index in [-0.39, 0.29) is 5.91 Å². The first kappa shape index (κ1) is 11.9. The fourth-order valence-electron chi connectivity index (χ4n) is 1.58.